The minimum Gasteiger partial charge on any atom is -0.0616 e. The molecule has 344 valence electrons. The first-order valence-electron chi connectivity index (χ1n) is 26.4. The summed E-state index contributed by atoms with van der Waals surface area (Å²) in [6.07, 6.45) is 0. The minimum atomic E-state index is 1.28. The van der Waals surface area contributed by atoms with Crippen molar-refractivity contribution in [3.63, 3.8) is 0 Å². The molecule has 0 bridgehead atoms. The van der Waals surface area contributed by atoms with Crippen molar-refractivity contribution in [2.24, 2.45) is 0 Å². The third kappa shape index (κ3) is 5.08. The normalized spacial score (nSPS) is 12.7. The third-order valence-corrected chi connectivity index (χ3v) is 17.5. The first-order chi connectivity index (χ1) is 36.2. The zero-order chi connectivity index (χ0) is 49.2. The number of benzene rings is 14. The quantitative estimate of drug-likeness (QED) is 0.122. The van der Waals surface area contributed by atoms with Crippen LogP contribution in [0.4, 0.5) is 0 Å². The van der Waals surface area contributed by atoms with E-state index in [4.69, 9.17) is 0 Å². The van der Waals surface area contributed by atoms with Crippen LogP contribution in [-0.2, 0) is 0 Å². The average Bonchev–Trinajstić information content (AvgIpc) is 4.05. The van der Waals surface area contributed by atoms with E-state index in [2.05, 4.69) is 224 Å². The zero-order valence-corrected chi connectivity index (χ0v) is 42.3. The number of hydrogen-bond donors (Lipinski definition) is 0. The molecule has 1 aliphatic carbocycles. The lowest BCUT2D eigenvalue weighted by Gasteiger charge is -2.20. The third-order valence-electron chi connectivity index (χ3n) is 17.5. The van der Waals surface area contributed by atoms with Gasteiger partial charge in [0.15, 0.2) is 0 Å². The second kappa shape index (κ2) is 14.0. The first kappa shape index (κ1) is 40.7. The molecule has 0 heteroatoms. The van der Waals surface area contributed by atoms with Crippen molar-refractivity contribution in [3.8, 4) is 55.6 Å². The second-order valence-electron chi connectivity index (χ2n) is 22.3. The maximum atomic E-state index is 2.56. The molecule has 0 radical (unpaired) electrons. The van der Waals surface area contributed by atoms with E-state index in [0.717, 1.165) is 0 Å². The fourth-order valence-corrected chi connectivity index (χ4v) is 15.2. The van der Waals surface area contributed by atoms with Gasteiger partial charge in [0.05, 0.1) is 0 Å². The molecular weight excluding hydrogens is 889 g/mol. The molecule has 16 aromatic carbocycles. The lowest BCUT2D eigenvalue weighted by Crippen LogP contribution is -1.94. The van der Waals surface area contributed by atoms with Crippen molar-refractivity contribution >= 4 is 118 Å². The first-order valence-corrected chi connectivity index (χ1v) is 26.4. The Hall–Kier alpha value is -8.84. The lowest BCUT2D eigenvalue weighted by molar-refractivity contribution is 1.38. The van der Waals surface area contributed by atoms with E-state index in [9.17, 15) is 0 Å². The van der Waals surface area contributed by atoms with Gasteiger partial charge in [0.2, 0.25) is 0 Å². The maximum absolute atomic E-state index is 2.56. The van der Waals surface area contributed by atoms with Crippen LogP contribution in [-0.4, -0.2) is 0 Å². The molecule has 0 amide bonds. The predicted octanol–water partition coefficient (Wildman–Crippen LogP) is 21.2. The molecule has 0 atom stereocenters. The number of rotatable bonds is 3. The van der Waals surface area contributed by atoms with E-state index in [-0.39, 0.29) is 0 Å². The van der Waals surface area contributed by atoms with Crippen LogP contribution in [0.1, 0.15) is 33.4 Å². The van der Waals surface area contributed by atoms with Crippen LogP contribution >= 0.6 is 0 Å². The molecule has 17 rings (SSSR count). The van der Waals surface area contributed by atoms with Gasteiger partial charge in [-0.25, -0.2) is 0 Å². The van der Waals surface area contributed by atoms with E-state index in [1.807, 2.05) is 0 Å². The van der Waals surface area contributed by atoms with E-state index in [1.54, 1.807) is 0 Å². The zero-order valence-electron chi connectivity index (χ0n) is 42.3. The highest BCUT2D eigenvalue weighted by atomic mass is 14.3. The van der Waals surface area contributed by atoms with Gasteiger partial charge in [0, 0.05) is 0 Å². The largest absolute Gasteiger partial charge is 0.0616 e. The van der Waals surface area contributed by atoms with Crippen molar-refractivity contribution in [1.82, 2.24) is 0 Å². The summed E-state index contributed by atoms with van der Waals surface area (Å²) in [4.78, 5) is 0. The summed E-state index contributed by atoms with van der Waals surface area (Å²) in [5.41, 5.74) is 20.9. The SMILES string of the molecule is Cc1cc(C)cc(-c2c3ccccc3c(-c3cc(C)cc(C)c3)c3cc4c(cc23)-c2ccc3c5ccc6c7c(-c8cc(C)cc(C)c8)c8cccc9c%10ccccc%10c(c89)c7c7ccc(c8ccc-4c2c38)c5c67)c1. The molecule has 0 aromatic heterocycles. The van der Waals surface area contributed by atoms with Crippen LogP contribution < -0.4 is 0 Å². The van der Waals surface area contributed by atoms with Crippen molar-refractivity contribution < 1.29 is 0 Å². The van der Waals surface area contributed by atoms with Crippen LogP contribution in [0.25, 0.3) is 174 Å². The smallest absolute Gasteiger partial charge is 0.000696 e. The fraction of sp³-hybridized carbons (Fsp3) is 0.0811. The predicted molar refractivity (Wildman–Crippen MR) is 322 cm³/mol. The van der Waals surface area contributed by atoms with Crippen LogP contribution in [0.5, 0.6) is 0 Å². The number of aryl methyl sites for hydroxylation is 6. The summed E-state index contributed by atoms with van der Waals surface area (Å²) >= 11 is 0. The molecule has 0 nitrogen and oxygen atoms in total. The van der Waals surface area contributed by atoms with Crippen molar-refractivity contribution in [2.45, 2.75) is 41.5 Å². The van der Waals surface area contributed by atoms with E-state index in [1.165, 1.54) is 208 Å². The van der Waals surface area contributed by atoms with E-state index < -0.39 is 0 Å². The summed E-state index contributed by atoms with van der Waals surface area (Å²) in [5.74, 6) is 0. The second-order valence-corrected chi connectivity index (χ2v) is 22.3. The number of hydrogen-bond acceptors (Lipinski definition) is 0. The summed E-state index contributed by atoms with van der Waals surface area (Å²) in [6, 6.07) is 71.4. The van der Waals surface area contributed by atoms with Crippen LogP contribution in [0, 0.1) is 41.5 Å². The summed E-state index contributed by atoms with van der Waals surface area (Å²) in [6.45, 7) is 13.4. The van der Waals surface area contributed by atoms with Crippen LogP contribution in [0.15, 0.2) is 182 Å². The summed E-state index contributed by atoms with van der Waals surface area (Å²) in [5, 5.41) is 29.6. The van der Waals surface area contributed by atoms with Crippen molar-refractivity contribution in [1.29, 1.82) is 0 Å². The molecule has 0 heterocycles. The Morgan fingerprint density at radius 2 is 0.500 bits per heavy atom. The molecule has 0 N–H and O–H groups in total. The van der Waals surface area contributed by atoms with Gasteiger partial charge < -0.3 is 0 Å². The average molecular weight is 937 g/mol. The molecule has 0 spiro atoms. The Morgan fingerprint density at radius 3 is 1.01 bits per heavy atom. The van der Waals surface area contributed by atoms with Crippen molar-refractivity contribution in [2.75, 3.05) is 0 Å². The highest BCUT2D eigenvalue weighted by Crippen LogP contribution is 2.58. The van der Waals surface area contributed by atoms with Gasteiger partial charge in [0.1, 0.15) is 0 Å². The summed E-state index contributed by atoms with van der Waals surface area (Å²) < 4.78 is 0. The van der Waals surface area contributed by atoms with Crippen LogP contribution in [0.2, 0.25) is 0 Å². The van der Waals surface area contributed by atoms with Gasteiger partial charge in [-0.05, 0) is 228 Å². The molecule has 0 unspecified atom stereocenters. The van der Waals surface area contributed by atoms with E-state index in [0.29, 0.717) is 0 Å². The highest BCUT2D eigenvalue weighted by molar-refractivity contribution is 6.51. The Morgan fingerprint density at radius 1 is 0.176 bits per heavy atom. The molecule has 16 aromatic rings. The fourth-order valence-electron chi connectivity index (χ4n) is 15.2. The molecule has 0 aliphatic heterocycles. The van der Waals surface area contributed by atoms with Gasteiger partial charge >= 0.3 is 0 Å². The molecule has 1 aliphatic rings. The Bertz CT molecular complexity index is 5000. The van der Waals surface area contributed by atoms with Gasteiger partial charge in [-0.1, -0.05) is 203 Å². The number of fused-ring (bicyclic) bond motifs is 14. The van der Waals surface area contributed by atoms with Gasteiger partial charge in [0.25, 0.3) is 0 Å². The monoisotopic (exact) mass is 936 g/mol. The molecule has 0 fully saturated rings. The van der Waals surface area contributed by atoms with Crippen LogP contribution in [0.3, 0.4) is 0 Å². The maximum Gasteiger partial charge on any atom is -0.000696 e. The summed E-state index contributed by atoms with van der Waals surface area (Å²) in [7, 11) is 0. The molecular formula is C74H48. The standard InChI is InChI=1S/C74H48/c1-37-26-38(2)30-43(29-37)64-49-14-9-10-15-50(49)65(44-31-39(3)27-40(4)32-44)63-36-61-56-21-19-52-54-23-25-59-71-58(24-22-53(68(54)71)51-18-20-55(69(56)67(51)52)60(61)35-62(63)64)73-66(45-33-41(5)28-42(6)34-45)57-17-11-16-47-46-12-7-8-13-48(46)72(70(47)57)74(59)73/h7-36H,1-6H3. The Kier molecular flexibility index (Phi) is 7.71. The van der Waals surface area contributed by atoms with Gasteiger partial charge in [-0.3, -0.25) is 0 Å². The lowest BCUT2D eigenvalue weighted by atomic mass is 9.83. The molecule has 0 saturated heterocycles. The Balaban J connectivity index is 0.996. The topological polar surface area (TPSA) is 0 Å². The van der Waals surface area contributed by atoms with Gasteiger partial charge in [-0.15, -0.1) is 0 Å². The Labute approximate surface area is 428 Å². The molecule has 74 heavy (non-hydrogen) atoms. The van der Waals surface area contributed by atoms with E-state index >= 15 is 0 Å². The minimum absolute atomic E-state index is 1.28. The molecule has 0 saturated carbocycles. The van der Waals surface area contributed by atoms with Crippen molar-refractivity contribution in [3.05, 3.63) is 215 Å². The van der Waals surface area contributed by atoms with Gasteiger partial charge in [-0.2, -0.15) is 0 Å². The highest BCUT2D eigenvalue weighted by Gasteiger charge is 2.30.